The average molecular weight is 291 g/mol. The van der Waals surface area contributed by atoms with Gasteiger partial charge in [-0.25, -0.2) is 10.8 Å². The van der Waals surface area contributed by atoms with E-state index in [1.54, 1.807) is 11.3 Å². The van der Waals surface area contributed by atoms with Crippen LogP contribution in [-0.2, 0) is 6.54 Å². The first kappa shape index (κ1) is 12.5. The Hall–Kier alpha value is -0.590. The van der Waals surface area contributed by atoms with Crippen LogP contribution in [0.25, 0.3) is 0 Å². The highest BCUT2D eigenvalue weighted by molar-refractivity contribution is 9.10. The number of nitrogens with zero attached hydrogens (tertiary/aromatic N) is 1. The molecule has 0 aliphatic carbocycles. The first-order valence-electron chi connectivity index (χ1n) is 4.62. The van der Waals surface area contributed by atoms with Gasteiger partial charge < -0.3 is 5.32 Å². The number of halogens is 1. The third-order valence-electron chi connectivity index (χ3n) is 1.58. The van der Waals surface area contributed by atoms with Gasteiger partial charge in [-0.2, -0.15) is 0 Å². The lowest BCUT2D eigenvalue weighted by Gasteiger charge is -2.11. The fraction of sp³-hybridized carbons (Fsp3) is 0.444. The van der Waals surface area contributed by atoms with Gasteiger partial charge in [0.1, 0.15) is 0 Å². The molecule has 0 radical (unpaired) electrons. The summed E-state index contributed by atoms with van der Waals surface area (Å²) < 4.78 is 1.09. The van der Waals surface area contributed by atoms with Gasteiger partial charge in [0, 0.05) is 20.8 Å². The molecule has 0 atom stereocenters. The molecule has 1 rings (SSSR count). The van der Waals surface area contributed by atoms with Crippen LogP contribution in [0.3, 0.4) is 0 Å². The fourth-order valence-corrected chi connectivity index (χ4v) is 2.37. The largest absolute Gasteiger partial charge is 0.353 e. The van der Waals surface area contributed by atoms with Crippen molar-refractivity contribution in [3.8, 4) is 0 Å². The molecule has 15 heavy (non-hydrogen) atoms. The molecular formula is C9H15BrN4S. The molecule has 0 aliphatic heterocycles. The van der Waals surface area contributed by atoms with E-state index < -0.39 is 0 Å². The van der Waals surface area contributed by atoms with Crippen molar-refractivity contribution in [3.63, 3.8) is 0 Å². The van der Waals surface area contributed by atoms with Crippen LogP contribution in [0.1, 0.15) is 18.7 Å². The molecule has 0 spiro atoms. The van der Waals surface area contributed by atoms with E-state index in [2.05, 4.69) is 37.7 Å². The Balaban J connectivity index is 2.54. The van der Waals surface area contributed by atoms with Crippen LogP contribution in [0.5, 0.6) is 0 Å². The normalized spacial score (nSPS) is 11.9. The van der Waals surface area contributed by atoms with E-state index in [0.29, 0.717) is 18.5 Å². The van der Waals surface area contributed by atoms with Gasteiger partial charge >= 0.3 is 0 Å². The molecule has 6 heteroatoms. The zero-order valence-corrected chi connectivity index (χ0v) is 11.2. The standard InChI is InChI=1S/C9H15BrN4S/c1-6(2)13-9(14-11)12-4-8-3-7(10)5-15-8/h3,5-6H,4,11H2,1-2H3,(H2,12,13,14). The van der Waals surface area contributed by atoms with Crippen molar-refractivity contribution in [1.82, 2.24) is 10.7 Å². The first-order valence-corrected chi connectivity index (χ1v) is 6.29. The molecule has 0 unspecified atom stereocenters. The summed E-state index contributed by atoms with van der Waals surface area (Å²) in [5.74, 6) is 5.96. The Morgan fingerprint density at radius 2 is 2.40 bits per heavy atom. The van der Waals surface area contributed by atoms with Crippen LogP contribution in [0.2, 0.25) is 0 Å². The predicted octanol–water partition coefficient (Wildman–Crippen LogP) is 1.83. The number of hydrogen-bond acceptors (Lipinski definition) is 3. The van der Waals surface area contributed by atoms with E-state index in [4.69, 9.17) is 5.84 Å². The topological polar surface area (TPSA) is 62.4 Å². The number of rotatable bonds is 3. The first-order chi connectivity index (χ1) is 7.11. The summed E-state index contributed by atoms with van der Waals surface area (Å²) in [5, 5.41) is 5.15. The van der Waals surface area contributed by atoms with E-state index in [9.17, 15) is 0 Å². The van der Waals surface area contributed by atoms with Crippen molar-refractivity contribution in [3.05, 3.63) is 20.8 Å². The molecule has 84 valence electrons. The van der Waals surface area contributed by atoms with Gasteiger partial charge in [-0.1, -0.05) is 0 Å². The van der Waals surface area contributed by atoms with Crippen molar-refractivity contribution < 1.29 is 0 Å². The summed E-state index contributed by atoms with van der Waals surface area (Å²) >= 11 is 5.07. The summed E-state index contributed by atoms with van der Waals surface area (Å²) in [5.41, 5.74) is 2.54. The van der Waals surface area contributed by atoms with Gasteiger partial charge in [0.05, 0.1) is 6.54 Å². The van der Waals surface area contributed by atoms with Crippen LogP contribution < -0.4 is 16.6 Å². The Bertz CT molecular complexity index is 335. The third kappa shape index (κ3) is 4.63. The zero-order valence-electron chi connectivity index (χ0n) is 8.75. The molecule has 1 aromatic heterocycles. The van der Waals surface area contributed by atoms with Crippen molar-refractivity contribution >= 4 is 33.2 Å². The monoisotopic (exact) mass is 290 g/mol. The predicted molar refractivity (Wildman–Crippen MR) is 68.8 cm³/mol. The number of nitrogens with two attached hydrogens (primary N) is 1. The Labute approximate surface area is 102 Å². The van der Waals surface area contributed by atoms with Crippen LogP contribution in [-0.4, -0.2) is 12.0 Å². The minimum Gasteiger partial charge on any atom is -0.353 e. The maximum atomic E-state index is 5.34. The van der Waals surface area contributed by atoms with Crippen molar-refractivity contribution in [2.45, 2.75) is 26.4 Å². The SMILES string of the molecule is CC(C)NC(=NCc1cc(Br)cs1)NN. The smallest absolute Gasteiger partial charge is 0.206 e. The van der Waals surface area contributed by atoms with Gasteiger partial charge in [-0.3, -0.25) is 5.43 Å². The van der Waals surface area contributed by atoms with E-state index in [1.165, 1.54) is 4.88 Å². The molecule has 0 saturated carbocycles. The number of aliphatic imine (C=N–C) groups is 1. The molecule has 0 bridgehead atoms. The molecule has 1 heterocycles. The van der Waals surface area contributed by atoms with E-state index in [-0.39, 0.29) is 0 Å². The van der Waals surface area contributed by atoms with Gasteiger partial charge in [0.25, 0.3) is 0 Å². The van der Waals surface area contributed by atoms with E-state index in [0.717, 1.165) is 4.47 Å². The van der Waals surface area contributed by atoms with Crippen molar-refractivity contribution in [2.24, 2.45) is 10.8 Å². The van der Waals surface area contributed by atoms with Gasteiger partial charge in [-0.05, 0) is 35.8 Å². The quantitative estimate of drug-likeness (QED) is 0.344. The molecule has 4 nitrogen and oxygen atoms in total. The number of hydrogen-bond donors (Lipinski definition) is 3. The molecular weight excluding hydrogens is 276 g/mol. The van der Waals surface area contributed by atoms with Crippen molar-refractivity contribution in [1.29, 1.82) is 0 Å². The van der Waals surface area contributed by atoms with E-state index in [1.807, 2.05) is 19.2 Å². The highest BCUT2D eigenvalue weighted by atomic mass is 79.9. The summed E-state index contributed by atoms with van der Waals surface area (Å²) in [6.45, 7) is 4.71. The lowest BCUT2D eigenvalue weighted by Crippen LogP contribution is -2.44. The number of guanidine groups is 1. The second-order valence-electron chi connectivity index (χ2n) is 3.34. The average Bonchev–Trinajstić information content (AvgIpc) is 2.58. The molecule has 0 fully saturated rings. The minimum atomic E-state index is 0.315. The molecule has 0 saturated heterocycles. The van der Waals surface area contributed by atoms with Crippen LogP contribution in [0.15, 0.2) is 20.9 Å². The molecule has 4 N–H and O–H groups in total. The maximum Gasteiger partial charge on any atom is 0.206 e. The second kappa shape index (κ2) is 6.09. The number of hydrazine groups is 1. The maximum absolute atomic E-state index is 5.34. The van der Waals surface area contributed by atoms with Gasteiger partial charge in [0.2, 0.25) is 5.96 Å². The third-order valence-corrected chi connectivity index (χ3v) is 3.26. The van der Waals surface area contributed by atoms with Crippen molar-refractivity contribution in [2.75, 3.05) is 0 Å². The molecule has 1 aromatic rings. The lowest BCUT2D eigenvalue weighted by molar-refractivity contribution is 0.702. The lowest BCUT2D eigenvalue weighted by atomic mass is 10.4. The summed E-state index contributed by atoms with van der Waals surface area (Å²) in [6, 6.07) is 2.37. The second-order valence-corrected chi connectivity index (χ2v) is 5.25. The van der Waals surface area contributed by atoms with Crippen LogP contribution in [0.4, 0.5) is 0 Å². The van der Waals surface area contributed by atoms with Gasteiger partial charge in [-0.15, -0.1) is 11.3 Å². The summed E-state index contributed by atoms with van der Waals surface area (Å²) in [6.07, 6.45) is 0. The minimum absolute atomic E-state index is 0.315. The highest BCUT2D eigenvalue weighted by Crippen LogP contribution is 2.20. The summed E-state index contributed by atoms with van der Waals surface area (Å²) in [4.78, 5) is 5.52. The fourth-order valence-electron chi connectivity index (χ4n) is 1.00. The number of nitrogens with one attached hydrogen (secondary N) is 2. The van der Waals surface area contributed by atoms with Crippen LogP contribution >= 0.6 is 27.3 Å². The Kier molecular flexibility index (Phi) is 5.07. The number of thiophene rings is 1. The Morgan fingerprint density at radius 1 is 1.67 bits per heavy atom. The Morgan fingerprint density at radius 3 is 2.87 bits per heavy atom. The molecule has 0 aliphatic rings. The summed E-state index contributed by atoms with van der Waals surface area (Å²) in [7, 11) is 0. The van der Waals surface area contributed by atoms with E-state index >= 15 is 0 Å². The zero-order chi connectivity index (χ0) is 11.3. The highest BCUT2D eigenvalue weighted by Gasteiger charge is 2.00. The van der Waals surface area contributed by atoms with Crippen LogP contribution in [0, 0.1) is 0 Å². The molecule has 0 aromatic carbocycles. The molecule has 0 amide bonds. The van der Waals surface area contributed by atoms with Gasteiger partial charge in [0.15, 0.2) is 0 Å².